The minimum atomic E-state index is -0.350. The van der Waals surface area contributed by atoms with Crippen molar-refractivity contribution in [2.24, 2.45) is 0 Å². The van der Waals surface area contributed by atoms with Gasteiger partial charge in [-0.2, -0.15) is 0 Å². The van der Waals surface area contributed by atoms with Gasteiger partial charge in [-0.05, 0) is 24.3 Å². The van der Waals surface area contributed by atoms with Gasteiger partial charge in [0, 0.05) is 30.0 Å². The fourth-order valence-electron chi connectivity index (χ4n) is 1.39. The summed E-state index contributed by atoms with van der Waals surface area (Å²) in [6.45, 7) is 0. The van der Waals surface area contributed by atoms with Crippen LogP contribution in [-0.2, 0) is 0 Å². The highest BCUT2D eigenvalue weighted by molar-refractivity contribution is 6.30. The van der Waals surface area contributed by atoms with E-state index in [1.807, 2.05) is 0 Å². The number of hydrogen-bond donors (Lipinski definition) is 2. The quantitative estimate of drug-likeness (QED) is 0.874. The number of nitrogens with zero attached hydrogens (tertiary/aromatic N) is 1. The van der Waals surface area contributed by atoms with Gasteiger partial charge in [0.25, 0.3) is 0 Å². The van der Waals surface area contributed by atoms with Crippen molar-refractivity contribution in [2.45, 2.75) is 0 Å². The Bertz CT molecular complexity index is 531. The molecule has 88 valence electrons. The molecule has 0 aliphatic carbocycles. The van der Waals surface area contributed by atoms with E-state index in [2.05, 4.69) is 15.6 Å². The van der Waals surface area contributed by atoms with Gasteiger partial charge in [0.15, 0.2) is 0 Å². The van der Waals surface area contributed by atoms with E-state index in [4.69, 9.17) is 11.6 Å². The summed E-state index contributed by atoms with van der Waals surface area (Å²) in [7, 11) is 1.77. The van der Waals surface area contributed by atoms with Crippen molar-refractivity contribution in [3.63, 3.8) is 0 Å². The zero-order valence-electron chi connectivity index (χ0n) is 9.17. The van der Waals surface area contributed by atoms with E-state index < -0.39 is 0 Å². The van der Waals surface area contributed by atoms with Gasteiger partial charge < -0.3 is 10.6 Å². The van der Waals surface area contributed by atoms with Crippen molar-refractivity contribution in [1.29, 1.82) is 0 Å². The molecule has 1 aromatic heterocycles. The largest absolute Gasteiger partial charge is 0.373 e. The lowest BCUT2D eigenvalue weighted by molar-refractivity contribution is 0.632. The zero-order valence-corrected chi connectivity index (χ0v) is 9.92. The summed E-state index contributed by atoms with van der Waals surface area (Å²) >= 11 is 5.81. The highest BCUT2D eigenvalue weighted by Crippen LogP contribution is 2.24. The number of nitrogens with one attached hydrogen (secondary N) is 2. The summed E-state index contributed by atoms with van der Waals surface area (Å²) in [4.78, 5) is 4.07. The van der Waals surface area contributed by atoms with E-state index in [-0.39, 0.29) is 5.82 Å². The number of benzene rings is 1. The van der Waals surface area contributed by atoms with Crippen LogP contribution in [0.25, 0.3) is 0 Å². The predicted octanol–water partition coefficient (Wildman–Crippen LogP) is 3.66. The molecule has 5 heteroatoms. The van der Waals surface area contributed by atoms with Gasteiger partial charge in [-0.25, -0.2) is 9.37 Å². The SMILES string of the molecule is CNc1cc(Nc2cc(Cl)ccc2F)ccn1. The van der Waals surface area contributed by atoms with E-state index in [0.717, 1.165) is 5.69 Å². The Labute approximate surface area is 104 Å². The molecular formula is C12H11ClFN3. The molecule has 0 unspecified atom stereocenters. The van der Waals surface area contributed by atoms with Crippen LogP contribution < -0.4 is 10.6 Å². The molecule has 0 radical (unpaired) electrons. The molecule has 0 amide bonds. The Morgan fingerprint density at radius 3 is 2.82 bits per heavy atom. The van der Waals surface area contributed by atoms with E-state index in [1.165, 1.54) is 18.2 Å². The van der Waals surface area contributed by atoms with Crippen molar-refractivity contribution < 1.29 is 4.39 Å². The minimum absolute atomic E-state index is 0.339. The average Bonchev–Trinajstić information content (AvgIpc) is 2.34. The van der Waals surface area contributed by atoms with Gasteiger partial charge in [-0.1, -0.05) is 11.6 Å². The Hall–Kier alpha value is -1.81. The summed E-state index contributed by atoms with van der Waals surface area (Å²) in [6.07, 6.45) is 1.64. The predicted molar refractivity (Wildman–Crippen MR) is 68.5 cm³/mol. The lowest BCUT2D eigenvalue weighted by atomic mass is 10.3. The third kappa shape index (κ3) is 2.85. The zero-order chi connectivity index (χ0) is 12.3. The number of rotatable bonds is 3. The molecule has 0 aliphatic rings. The van der Waals surface area contributed by atoms with Gasteiger partial charge in [0.2, 0.25) is 0 Å². The second-order valence-electron chi connectivity index (χ2n) is 3.43. The highest BCUT2D eigenvalue weighted by atomic mass is 35.5. The number of halogens is 2. The maximum absolute atomic E-state index is 13.5. The standard InChI is InChI=1S/C12H11ClFN3/c1-15-12-7-9(4-5-16-12)17-11-6-8(13)2-3-10(11)14/h2-7H,1H3,(H2,15,16,17). The average molecular weight is 252 g/mol. The molecule has 2 N–H and O–H groups in total. The topological polar surface area (TPSA) is 37.0 Å². The summed E-state index contributed by atoms with van der Waals surface area (Å²) < 4.78 is 13.5. The number of hydrogen-bond acceptors (Lipinski definition) is 3. The van der Waals surface area contributed by atoms with E-state index in [1.54, 1.807) is 25.4 Å². The fraction of sp³-hybridized carbons (Fsp3) is 0.0833. The van der Waals surface area contributed by atoms with Gasteiger partial charge in [-0.15, -0.1) is 0 Å². The Balaban J connectivity index is 2.27. The first-order chi connectivity index (χ1) is 8.19. The molecule has 0 spiro atoms. The highest BCUT2D eigenvalue weighted by Gasteiger charge is 2.03. The lowest BCUT2D eigenvalue weighted by Crippen LogP contribution is -1.96. The van der Waals surface area contributed by atoms with Crippen LogP contribution in [0.15, 0.2) is 36.5 Å². The van der Waals surface area contributed by atoms with E-state index in [0.29, 0.717) is 16.5 Å². The first-order valence-electron chi connectivity index (χ1n) is 5.05. The monoisotopic (exact) mass is 251 g/mol. The number of pyridine rings is 1. The Morgan fingerprint density at radius 2 is 2.06 bits per heavy atom. The molecular weight excluding hydrogens is 241 g/mol. The molecule has 0 atom stereocenters. The number of aromatic nitrogens is 1. The van der Waals surface area contributed by atoms with Crippen molar-refractivity contribution in [3.8, 4) is 0 Å². The van der Waals surface area contributed by atoms with E-state index in [9.17, 15) is 4.39 Å². The molecule has 0 aliphatic heterocycles. The second kappa shape index (κ2) is 5.01. The third-order valence-electron chi connectivity index (χ3n) is 2.22. The molecule has 17 heavy (non-hydrogen) atoms. The molecule has 2 aromatic rings. The maximum Gasteiger partial charge on any atom is 0.146 e. The van der Waals surface area contributed by atoms with E-state index >= 15 is 0 Å². The summed E-state index contributed by atoms with van der Waals surface area (Å²) in [5, 5.41) is 6.34. The molecule has 3 nitrogen and oxygen atoms in total. The summed E-state index contributed by atoms with van der Waals surface area (Å²) in [5.74, 6) is 0.356. The van der Waals surface area contributed by atoms with Crippen LogP contribution in [0.4, 0.5) is 21.6 Å². The van der Waals surface area contributed by atoms with Crippen molar-refractivity contribution in [3.05, 3.63) is 47.4 Å². The normalized spacial score (nSPS) is 10.1. The molecule has 0 saturated carbocycles. The second-order valence-corrected chi connectivity index (χ2v) is 3.87. The van der Waals surface area contributed by atoms with Crippen molar-refractivity contribution in [2.75, 3.05) is 17.7 Å². The van der Waals surface area contributed by atoms with Crippen LogP contribution in [-0.4, -0.2) is 12.0 Å². The minimum Gasteiger partial charge on any atom is -0.373 e. The van der Waals surface area contributed by atoms with Gasteiger partial charge in [-0.3, -0.25) is 0 Å². The molecule has 2 rings (SSSR count). The third-order valence-corrected chi connectivity index (χ3v) is 2.46. The van der Waals surface area contributed by atoms with Crippen LogP contribution in [0, 0.1) is 5.82 Å². The number of anilines is 3. The van der Waals surface area contributed by atoms with Gasteiger partial charge in [0.05, 0.1) is 5.69 Å². The van der Waals surface area contributed by atoms with Gasteiger partial charge >= 0.3 is 0 Å². The molecule has 0 fully saturated rings. The summed E-state index contributed by atoms with van der Waals surface area (Å²) in [5.41, 5.74) is 1.08. The van der Waals surface area contributed by atoms with Gasteiger partial charge in [0.1, 0.15) is 11.6 Å². The molecule has 1 aromatic carbocycles. The molecule has 1 heterocycles. The van der Waals surface area contributed by atoms with Crippen LogP contribution in [0.2, 0.25) is 5.02 Å². The smallest absolute Gasteiger partial charge is 0.146 e. The summed E-state index contributed by atoms with van der Waals surface area (Å²) in [6, 6.07) is 7.90. The van der Waals surface area contributed by atoms with Crippen LogP contribution in [0.3, 0.4) is 0 Å². The molecule has 0 saturated heterocycles. The maximum atomic E-state index is 13.5. The Kier molecular flexibility index (Phi) is 3.44. The Morgan fingerprint density at radius 1 is 1.24 bits per heavy atom. The first kappa shape index (κ1) is 11.7. The molecule has 0 bridgehead atoms. The fourth-order valence-corrected chi connectivity index (χ4v) is 1.57. The van der Waals surface area contributed by atoms with Crippen molar-refractivity contribution >= 4 is 28.8 Å². The van der Waals surface area contributed by atoms with Crippen LogP contribution in [0.1, 0.15) is 0 Å². The van der Waals surface area contributed by atoms with Crippen LogP contribution in [0.5, 0.6) is 0 Å². The van der Waals surface area contributed by atoms with Crippen LogP contribution >= 0.6 is 11.6 Å². The first-order valence-corrected chi connectivity index (χ1v) is 5.43. The van der Waals surface area contributed by atoms with Crippen molar-refractivity contribution in [1.82, 2.24) is 4.98 Å². The lowest BCUT2D eigenvalue weighted by Gasteiger charge is -2.09.